The number of benzene rings is 2. The van der Waals surface area contributed by atoms with Crippen LogP contribution in [0.25, 0.3) is 11.0 Å². The van der Waals surface area contributed by atoms with Gasteiger partial charge in [0.05, 0.1) is 29.6 Å². The summed E-state index contributed by atoms with van der Waals surface area (Å²) in [4.78, 5) is 21.9. The Kier molecular flexibility index (Phi) is 6.46. The number of carbonyl (C=O) groups excluding carboxylic acids is 1. The van der Waals surface area contributed by atoms with Crippen LogP contribution in [-0.2, 0) is 17.8 Å². The van der Waals surface area contributed by atoms with E-state index in [2.05, 4.69) is 25.9 Å². The van der Waals surface area contributed by atoms with Crippen molar-refractivity contribution in [2.24, 2.45) is 0 Å². The van der Waals surface area contributed by atoms with Gasteiger partial charge in [-0.1, -0.05) is 0 Å². The van der Waals surface area contributed by atoms with E-state index in [0.717, 1.165) is 32.7 Å². The number of carbonyl (C=O) groups is 1. The second-order valence-electron chi connectivity index (χ2n) is 8.09. The lowest BCUT2D eigenvalue weighted by molar-refractivity contribution is -0.120. The Bertz CT molecular complexity index is 1280. The van der Waals surface area contributed by atoms with Gasteiger partial charge in [0.1, 0.15) is 11.6 Å². The van der Waals surface area contributed by atoms with Crippen LogP contribution in [-0.4, -0.2) is 20.3 Å². The van der Waals surface area contributed by atoms with Crippen molar-refractivity contribution < 1.29 is 13.6 Å². The summed E-state index contributed by atoms with van der Waals surface area (Å²) in [6.45, 7) is 4.22. The molecule has 0 spiro atoms. The number of rotatable bonds is 7. The average Bonchev–Trinajstić information content (AvgIpc) is 3.08. The summed E-state index contributed by atoms with van der Waals surface area (Å²) in [6.07, 6.45) is 3.80. The number of pyridine rings is 1. The molecule has 4 nitrogen and oxygen atoms in total. The van der Waals surface area contributed by atoms with Gasteiger partial charge < -0.3 is 4.57 Å². The Morgan fingerprint density at radius 2 is 1.78 bits per heavy atom. The van der Waals surface area contributed by atoms with E-state index in [4.69, 9.17) is 0 Å². The number of fused-ring (bicyclic) bond motifs is 1. The second-order valence-corrected chi connectivity index (χ2v) is 8.94. The first-order chi connectivity index (χ1) is 15.3. The molecule has 2 aromatic carbocycles. The van der Waals surface area contributed by atoms with E-state index < -0.39 is 11.6 Å². The van der Waals surface area contributed by atoms with Crippen molar-refractivity contribution in [3.8, 4) is 0 Å². The van der Waals surface area contributed by atoms with Gasteiger partial charge in [0.2, 0.25) is 0 Å². The molecular formula is C25H22BrF2N3O. The molecule has 0 fully saturated rings. The molecule has 0 radical (unpaired) electrons. The van der Waals surface area contributed by atoms with Crippen molar-refractivity contribution in [2.75, 3.05) is 0 Å². The maximum absolute atomic E-state index is 13.7. The lowest BCUT2D eigenvalue weighted by atomic mass is 9.90. The first kappa shape index (κ1) is 22.3. The zero-order chi connectivity index (χ0) is 22.8. The molecule has 0 amide bonds. The Morgan fingerprint density at radius 1 is 1.06 bits per heavy atom. The lowest BCUT2D eigenvalue weighted by Crippen LogP contribution is -2.16. The predicted octanol–water partition coefficient (Wildman–Crippen LogP) is 6.07. The Labute approximate surface area is 193 Å². The first-order valence-corrected chi connectivity index (χ1v) is 11.1. The smallest absolute Gasteiger partial charge is 0.153 e. The van der Waals surface area contributed by atoms with Crippen LogP contribution in [0.4, 0.5) is 8.78 Å². The van der Waals surface area contributed by atoms with Crippen LogP contribution in [0.3, 0.4) is 0 Å². The molecule has 0 aliphatic heterocycles. The Morgan fingerprint density at radius 3 is 2.50 bits per heavy atom. The minimum Gasteiger partial charge on any atom is -0.323 e. The number of nitrogens with zero attached hydrogens (tertiary/aromatic N) is 3. The summed E-state index contributed by atoms with van der Waals surface area (Å²) < 4.78 is 30.1. The number of ketones is 1. The normalized spacial score (nSPS) is 12.3. The van der Waals surface area contributed by atoms with Crippen LogP contribution in [0.2, 0.25) is 0 Å². The van der Waals surface area contributed by atoms with Gasteiger partial charge in [-0.25, -0.2) is 13.8 Å². The summed E-state index contributed by atoms with van der Waals surface area (Å²) in [5, 5.41) is 0. The fraction of sp³-hybridized carbons (Fsp3) is 0.240. The van der Waals surface area contributed by atoms with Crippen LogP contribution in [0.1, 0.15) is 34.7 Å². The third-order valence-electron chi connectivity index (χ3n) is 5.64. The van der Waals surface area contributed by atoms with Gasteiger partial charge >= 0.3 is 0 Å². The van der Waals surface area contributed by atoms with Crippen molar-refractivity contribution in [1.82, 2.24) is 14.5 Å². The molecule has 164 valence electrons. The first-order valence-electron chi connectivity index (χ1n) is 10.3. The van der Waals surface area contributed by atoms with Crippen molar-refractivity contribution in [1.29, 1.82) is 0 Å². The number of halogens is 3. The van der Waals surface area contributed by atoms with Gasteiger partial charge in [0.15, 0.2) is 5.78 Å². The predicted molar refractivity (Wildman–Crippen MR) is 124 cm³/mol. The Hall–Kier alpha value is -2.93. The zero-order valence-corrected chi connectivity index (χ0v) is 19.4. The molecule has 4 rings (SSSR count). The summed E-state index contributed by atoms with van der Waals surface area (Å²) >= 11 is 3.50. The van der Waals surface area contributed by atoms with Crippen LogP contribution in [0.15, 0.2) is 59.5 Å². The largest absolute Gasteiger partial charge is 0.323 e. The summed E-state index contributed by atoms with van der Waals surface area (Å²) in [5.41, 5.74) is 5.21. The standard InChI is InChI=1S/C25H22BrF2N3O/c1-15-6-23-24(7-16(15)2)31(14-30-23)13-21(32)11-18(25-22(26)4-3-5-29-25)8-17-9-19(27)12-20(28)10-17/h3-7,9-10,12,14,18H,8,11,13H2,1-2H3/t18-/m1/s1. The molecule has 0 unspecified atom stereocenters. The van der Waals surface area contributed by atoms with Crippen LogP contribution < -0.4 is 0 Å². The van der Waals surface area contributed by atoms with E-state index in [-0.39, 0.29) is 24.7 Å². The minimum absolute atomic E-state index is 0.0121. The minimum atomic E-state index is -0.638. The van der Waals surface area contributed by atoms with Gasteiger partial charge in [0.25, 0.3) is 0 Å². The van der Waals surface area contributed by atoms with E-state index in [0.29, 0.717) is 17.7 Å². The van der Waals surface area contributed by atoms with Gasteiger partial charge in [-0.05, 0) is 89.3 Å². The van der Waals surface area contributed by atoms with Crippen molar-refractivity contribution in [2.45, 2.75) is 39.2 Å². The maximum atomic E-state index is 13.7. The number of Topliss-reactive ketones (excluding diaryl/α,β-unsaturated/α-hetero) is 1. The van der Waals surface area contributed by atoms with Crippen molar-refractivity contribution >= 4 is 32.7 Å². The van der Waals surface area contributed by atoms with Gasteiger partial charge in [0, 0.05) is 29.1 Å². The Balaban J connectivity index is 1.60. The fourth-order valence-electron chi connectivity index (χ4n) is 3.95. The van der Waals surface area contributed by atoms with E-state index in [9.17, 15) is 13.6 Å². The van der Waals surface area contributed by atoms with E-state index in [1.807, 2.05) is 36.6 Å². The molecular weight excluding hydrogens is 476 g/mol. The van der Waals surface area contributed by atoms with Gasteiger partial charge in [-0.2, -0.15) is 0 Å². The third-order valence-corrected chi connectivity index (χ3v) is 6.31. The molecule has 0 saturated carbocycles. The summed E-state index contributed by atoms with van der Waals surface area (Å²) in [5.74, 6) is -1.62. The maximum Gasteiger partial charge on any atom is 0.153 e. The average molecular weight is 498 g/mol. The van der Waals surface area contributed by atoms with E-state index >= 15 is 0 Å². The van der Waals surface area contributed by atoms with Crippen molar-refractivity contribution in [3.63, 3.8) is 0 Å². The topological polar surface area (TPSA) is 47.8 Å². The molecule has 2 aromatic heterocycles. The molecule has 0 aliphatic rings. The highest BCUT2D eigenvalue weighted by Crippen LogP contribution is 2.30. The number of hydrogen-bond donors (Lipinski definition) is 0. The highest BCUT2D eigenvalue weighted by Gasteiger charge is 2.22. The summed E-state index contributed by atoms with van der Waals surface area (Å²) in [6, 6.07) is 11.1. The quantitative estimate of drug-likeness (QED) is 0.311. The number of hydrogen-bond acceptors (Lipinski definition) is 3. The lowest BCUT2D eigenvalue weighted by Gasteiger charge is -2.18. The number of aryl methyl sites for hydroxylation is 2. The van der Waals surface area contributed by atoms with E-state index in [1.54, 1.807) is 18.6 Å². The SMILES string of the molecule is Cc1cc2ncn(CC(=O)C[C@@H](Cc3cc(F)cc(F)c3)c3ncccc3Br)c2cc1C. The molecule has 7 heteroatoms. The molecule has 0 N–H and O–H groups in total. The monoisotopic (exact) mass is 497 g/mol. The van der Waals surface area contributed by atoms with Crippen LogP contribution in [0, 0.1) is 25.5 Å². The zero-order valence-electron chi connectivity index (χ0n) is 17.8. The number of aromatic nitrogens is 3. The highest BCUT2D eigenvalue weighted by molar-refractivity contribution is 9.10. The highest BCUT2D eigenvalue weighted by atomic mass is 79.9. The van der Waals surface area contributed by atoms with Crippen LogP contribution in [0.5, 0.6) is 0 Å². The molecule has 0 saturated heterocycles. The second kappa shape index (κ2) is 9.28. The molecule has 1 atom stereocenters. The molecule has 0 aliphatic carbocycles. The fourth-order valence-corrected chi connectivity index (χ4v) is 4.52. The number of imidazole rings is 1. The molecule has 0 bridgehead atoms. The molecule has 2 heterocycles. The molecule has 32 heavy (non-hydrogen) atoms. The summed E-state index contributed by atoms with van der Waals surface area (Å²) in [7, 11) is 0. The molecule has 4 aromatic rings. The third kappa shape index (κ3) is 4.93. The van der Waals surface area contributed by atoms with E-state index in [1.165, 1.54) is 12.1 Å². The van der Waals surface area contributed by atoms with Crippen LogP contribution >= 0.6 is 15.9 Å². The van der Waals surface area contributed by atoms with Gasteiger partial charge in [-0.3, -0.25) is 9.78 Å². The van der Waals surface area contributed by atoms with Gasteiger partial charge in [-0.15, -0.1) is 0 Å². The van der Waals surface area contributed by atoms with Crippen molar-refractivity contribution in [3.05, 3.63) is 93.5 Å².